The number of likely N-dealkylation sites (N-methyl/N-ethyl adjacent to an activating group) is 1. The van der Waals surface area contributed by atoms with Crippen LogP contribution in [-0.4, -0.2) is 78.0 Å². The molecular weight excluding hydrogens is 633 g/mol. The van der Waals surface area contributed by atoms with Crippen LogP contribution in [0.25, 0.3) is 11.6 Å². The molecule has 0 saturated heterocycles. The zero-order valence-electron chi connectivity index (χ0n) is 28.4. The van der Waals surface area contributed by atoms with Crippen LogP contribution in [0, 0.1) is 19.7 Å². The molecule has 2 heterocycles. The summed E-state index contributed by atoms with van der Waals surface area (Å²) in [6.45, 7) is 10.4. The number of aromatic nitrogens is 1. The molecule has 4 amide bonds. The predicted octanol–water partition coefficient (Wildman–Crippen LogP) is 5.28. The first-order valence-electron chi connectivity index (χ1n) is 16.2. The van der Waals surface area contributed by atoms with E-state index in [1.54, 1.807) is 38.1 Å². The van der Waals surface area contributed by atoms with Gasteiger partial charge in [-0.3, -0.25) is 24.1 Å². The van der Waals surface area contributed by atoms with Crippen LogP contribution >= 0.6 is 0 Å². The van der Waals surface area contributed by atoms with Crippen molar-refractivity contribution in [2.45, 2.75) is 53.6 Å². The number of imide groups is 1. The second kappa shape index (κ2) is 16.2. The number of rotatable bonds is 14. The Morgan fingerprint density at radius 3 is 2.47 bits per heavy atom. The molecule has 0 saturated carbocycles. The number of H-pyrrole nitrogens is 1. The van der Waals surface area contributed by atoms with Crippen molar-refractivity contribution in [3.8, 4) is 0 Å². The summed E-state index contributed by atoms with van der Waals surface area (Å²) in [5.41, 5.74) is 3.44. The van der Waals surface area contributed by atoms with Gasteiger partial charge < -0.3 is 25.0 Å². The second-order valence-electron chi connectivity index (χ2n) is 11.7. The molecule has 1 aromatic heterocycles. The highest BCUT2D eigenvalue weighted by Gasteiger charge is 2.39. The first kappa shape index (κ1) is 36.5. The normalized spacial score (nSPS) is 13.2. The number of carboxylic acids is 1. The van der Waals surface area contributed by atoms with Crippen molar-refractivity contribution in [3.63, 3.8) is 0 Å². The van der Waals surface area contributed by atoms with Crippen LogP contribution in [0.2, 0.25) is 0 Å². The molecule has 0 bridgehead atoms. The van der Waals surface area contributed by atoms with E-state index in [0.29, 0.717) is 46.9 Å². The summed E-state index contributed by atoms with van der Waals surface area (Å²) in [4.78, 5) is 71.6. The molecule has 12 nitrogen and oxygen atoms in total. The lowest BCUT2D eigenvalue weighted by molar-refractivity contribution is -0.145. The number of amides is 4. The number of carbonyl (C=O) groups excluding carboxylic acids is 4. The molecule has 2 aromatic carbocycles. The number of aromatic amines is 1. The van der Waals surface area contributed by atoms with E-state index in [-0.39, 0.29) is 48.6 Å². The van der Waals surface area contributed by atoms with Crippen molar-refractivity contribution in [2.24, 2.45) is 0 Å². The largest absolute Gasteiger partial charge is 0.481 e. The van der Waals surface area contributed by atoms with Crippen LogP contribution in [0.4, 0.5) is 20.6 Å². The Hall–Kier alpha value is -5.30. The Labute approximate surface area is 284 Å². The SMILES string of the molecule is CCN(CC)CCNC(=O)c1c(C)[nH]c(/C=C2\C(=O)N(C(=O)N(C)c3ccccc3COC(=O)CCCC(=O)O)c3ccc(F)cc32)c1C. The number of hydrogen-bond acceptors (Lipinski definition) is 7. The third-order valence-electron chi connectivity index (χ3n) is 8.51. The van der Waals surface area contributed by atoms with E-state index in [0.717, 1.165) is 24.1 Å². The molecule has 0 spiro atoms. The summed E-state index contributed by atoms with van der Waals surface area (Å²) < 4.78 is 19.9. The van der Waals surface area contributed by atoms with Crippen molar-refractivity contribution in [1.82, 2.24) is 15.2 Å². The van der Waals surface area contributed by atoms with Gasteiger partial charge in [-0.1, -0.05) is 32.0 Å². The minimum atomic E-state index is -1.01. The molecule has 0 aliphatic carbocycles. The van der Waals surface area contributed by atoms with Gasteiger partial charge in [-0.05, 0) is 69.3 Å². The molecule has 260 valence electrons. The number of benzene rings is 2. The minimum Gasteiger partial charge on any atom is -0.481 e. The molecule has 0 radical (unpaired) electrons. The van der Waals surface area contributed by atoms with Gasteiger partial charge in [0.25, 0.3) is 11.8 Å². The van der Waals surface area contributed by atoms with Crippen molar-refractivity contribution in [2.75, 3.05) is 43.0 Å². The fourth-order valence-corrected chi connectivity index (χ4v) is 5.78. The summed E-state index contributed by atoms with van der Waals surface area (Å²) >= 11 is 0. The van der Waals surface area contributed by atoms with E-state index < -0.39 is 29.7 Å². The van der Waals surface area contributed by atoms with Crippen LogP contribution in [0.1, 0.15) is 71.5 Å². The van der Waals surface area contributed by atoms with E-state index in [2.05, 4.69) is 29.0 Å². The smallest absolute Gasteiger partial charge is 0.335 e. The number of hydrogen-bond donors (Lipinski definition) is 3. The highest BCUT2D eigenvalue weighted by Crippen LogP contribution is 2.40. The topological polar surface area (TPSA) is 152 Å². The molecule has 1 aliphatic rings. The molecule has 3 N–H and O–H groups in total. The average molecular weight is 676 g/mol. The Balaban J connectivity index is 1.59. The molecule has 4 rings (SSSR count). The van der Waals surface area contributed by atoms with E-state index in [1.807, 2.05) is 0 Å². The molecule has 1 aliphatic heterocycles. The quantitative estimate of drug-likeness (QED) is 0.154. The summed E-state index contributed by atoms with van der Waals surface area (Å²) in [6.07, 6.45) is 1.43. The van der Waals surface area contributed by atoms with E-state index in [1.165, 1.54) is 30.2 Å². The average Bonchev–Trinajstić information content (AvgIpc) is 3.51. The van der Waals surface area contributed by atoms with Crippen molar-refractivity contribution < 1.29 is 38.2 Å². The van der Waals surface area contributed by atoms with Crippen molar-refractivity contribution in [3.05, 3.63) is 81.9 Å². The number of carboxylic acid groups (broad SMARTS) is 1. The third-order valence-corrected chi connectivity index (χ3v) is 8.51. The van der Waals surface area contributed by atoms with Gasteiger partial charge in [-0.15, -0.1) is 0 Å². The van der Waals surface area contributed by atoms with Crippen LogP contribution < -0.4 is 15.1 Å². The number of halogens is 1. The van der Waals surface area contributed by atoms with Crippen LogP contribution in [0.5, 0.6) is 0 Å². The van der Waals surface area contributed by atoms with Crippen LogP contribution in [0.3, 0.4) is 0 Å². The van der Waals surface area contributed by atoms with Gasteiger partial charge in [0.15, 0.2) is 0 Å². The molecule has 3 aromatic rings. The summed E-state index contributed by atoms with van der Waals surface area (Å²) in [5.74, 6) is -3.12. The minimum absolute atomic E-state index is 0.0673. The molecule has 0 atom stereocenters. The highest BCUT2D eigenvalue weighted by atomic mass is 19.1. The van der Waals surface area contributed by atoms with Crippen molar-refractivity contribution in [1.29, 1.82) is 0 Å². The number of anilines is 2. The third kappa shape index (κ3) is 8.41. The number of nitrogens with one attached hydrogen (secondary N) is 2. The first-order chi connectivity index (χ1) is 23.4. The lowest BCUT2D eigenvalue weighted by Gasteiger charge is -2.25. The van der Waals surface area contributed by atoms with Gasteiger partial charge in [0.2, 0.25) is 0 Å². The molecule has 0 fully saturated rings. The number of nitrogens with zero attached hydrogens (tertiary/aromatic N) is 3. The van der Waals surface area contributed by atoms with Crippen molar-refractivity contribution >= 4 is 52.8 Å². The van der Waals surface area contributed by atoms with E-state index in [4.69, 9.17) is 9.84 Å². The Kier molecular flexibility index (Phi) is 12.1. The molecular formula is C36H42FN5O7. The summed E-state index contributed by atoms with van der Waals surface area (Å²) in [7, 11) is 1.47. The van der Waals surface area contributed by atoms with Gasteiger partial charge in [0, 0.05) is 55.5 Å². The number of fused-ring (bicyclic) bond motifs is 1. The summed E-state index contributed by atoms with van der Waals surface area (Å²) in [5, 5.41) is 11.8. The number of carbonyl (C=O) groups is 5. The van der Waals surface area contributed by atoms with Crippen LogP contribution in [0.15, 0.2) is 42.5 Å². The fourth-order valence-electron chi connectivity index (χ4n) is 5.78. The highest BCUT2D eigenvalue weighted by molar-refractivity contribution is 6.43. The zero-order chi connectivity index (χ0) is 35.8. The second-order valence-corrected chi connectivity index (χ2v) is 11.7. The maximum atomic E-state index is 14.6. The van der Waals surface area contributed by atoms with Gasteiger partial charge in [-0.25, -0.2) is 14.1 Å². The van der Waals surface area contributed by atoms with Gasteiger partial charge in [0.1, 0.15) is 12.4 Å². The lowest BCUT2D eigenvalue weighted by atomic mass is 10.0. The Bertz CT molecular complexity index is 1780. The van der Waals surface area contributed by atoms with Gasteiger partial charge in [-0.2, -0.15) is 0 Å². The van der Waals surface area contributed by atoms with Crippen LogP contribution in [-0.2, 0) is 25.7 Å². The summed E-state index contributed by atoms with van der Waals surface area (Å²) in [6, 6.07) is 9.68. The number of urea groups is 1. The number of aryl methyl sites for hydroxylation is 1. The Morgan fingerprint density at radius 2 is 1.78 bits per heavy atom. The van der Waals surface area contributed by atoms with Gasteiger partial charge >= 0.3 is 18.0 Å². The first-order valence-corrected chi connectivity index (χ1v) is 16.2. The standard InChI is InChI=1S/C36H42FN5O7/c1-6-41(7-2)18-17-38-34(46)33-22(3)28(39-23(33)4)20-27-26-19-25(37)15-16-30(26)42(35(27)47)36(48)40(5)29-12-9-8-11-24(29)21-49-32(45)14-10-13-31(43)44/h8-9,11-12,15-16,19-20,39H,6-7,10,13-14,17-18,21H2,1-5H3,(H,38,46)(H,43,44)/b27-20-. The number of ether oxygens (including phenoxy) is 1. The maximum absolute atomic E-state index is 14.6. The fraction of sp³-hybridized carbons (Fsp3) is 0.361. The molecule has 0 unspecified atom stereocenters. The molecule has 13 heteroatoms. The molecule has 49 heavy (non-hydrogen) atoms. The lowest BCUT2D eigenvalue weighted by Crippen LogP contribution is -2.43. The predicted molar refractivity (Wildman–Crippen MR) is 184 cm³/mol. The zero-order valence-corrected chi connectivity index (χ0v) is 28.4. The monoisotopic (exact) mass is 675 g/mol. The number of esters is 1. The Morgan fingerprint density at radius 1 is 1.06 bits per heavy atom. The van der Waals surface area contributed by atoms with Gasteiger partial charge in [0.05, 0.1) is 22.5 Å². The van der Waals surface area contributed by atoms with E-state index >= 15 is 0 Å². The number of para-hydroxylation sites is 1. The maximum Gasteiger partial charge on any atom is 0.335 e. The number of aliphatic carboxylic acids is 1. The van der Waals surface area contributed by atoms with E-state index in [9.17, 15) is 28.4 Å².